The maximum Gasteiger partial charge on any atom is 0.354 e. The van der Waals surface area contributed by atoms with Gasteiger partial charge >= 0.3 is 5.97 Å². The molecular formula is C26H34N3O6+. The fraction of sp³-hybridized carbons (Fsp3) is 0.423. The van der Waals surface area contributed by atoms with Crippen molar-refractivity contribution in [1.29, 1.82) is 0 Å². The first-order valence-corrected chi connectivity index (χ1v) is 11.7. The number of aryl methyl sites for hydroxylation is 1. The van der Waals surface area contributed by atoms with Gasteiger partial charge in [0.2, 0.25) is 0 Å². The van der Waals surface area contributed by atoms with E-state index >= 15 is 0 Å². The van der Waals surface area contributed by atoms with Crippen LogP contribution in [0.5, 0.6) is 5.75 Å². The Balaban J connectivity index is 2.16. The molecule has 0 spiro atoms. The number of likely N-dealkylation sites (tertiary alicyclic amines) is 1. The van der Waals surface area contributed by atoms with Crippen molar-refractivity contribution in [1.82, 2.24) is 9.88 Å². The van der Waals surface area contributed by atoms with Gasteiger partial charge in [-0.15, -0.1) is 0 Å². The average molecular weight is 485 g/mol. The zero-order valence-corrected chi connectivity index (χ0v) is 21.2. The molecule has 1 aliphatic rings. The van der Waals surface area contributed by atoms with Crippen molar-refractivity contribution < 1.29 is 33.9 Å². The van der Waals surface area contributed by atoms with Gasteiger partial charge in [-0.25, -0.2) is 4.79 Å². The molecule has 9 nitrogen and oxygen atoms in total. The van der Waals surface area contributed by atoms with Crippen LogP contribution in [0.15, 0.2) is 29.8 Å². The Labute approximate surface area is 205 Å². The molecular weight excluding hydrogens is 450 g/mol. The van der Waals surface area contributed by atoms with E-state index in [0.717, 1.165) is 11.3 Å². The number of nitrogens with one attached hydrogen (secondary N) is 2. The summed E-state index contributed by atoms with van der Waals surface area (Å²) in [6.45, 7) is 6.90. The van der Waals surface area contributed by atoms with Crippen molar-refractivity contribution in [2.45, 2.75) is 33.2 Å². The number of H-pyrrole nitrogens is 1. The smallest absolute Gasteiger partial charge is 0.354 e. The van der Waals surface area contributed by atoms with Gasteiger partial charge < -0.3 is 29.4 Å². The summed E-state index contributed by atoms with van der Waals surface area (Å²) in [6.07, 6.45) is 0.873. The molecule has 1 fully saturated rings. The standard InChI is InChI=1S/C26H33N3O6/c1-7-14-35-18-10-8-17(9-11-18)22-20(24(31)25(32)29(22)13-12-28(4)5)23(30)19-15(2)21(26(33)34-6)27-16(19)3/h8-11,22,27,30H,7,12-14H2,1-6H3/p+1/b23-20-/t22-/m0/s1. The molecule has 1 amide bonds. The molecule has 0 aliphatic carbocycles. The lowest BCUT2D eigenvalue weighted by atomic mass is 9.94. The summed E-state index contributed by atoms with van der Waals surface area (Å²) in [5.41, 5.74) is 2.11. The van der Waals surface area contributed by atoms with Gasteiger partial charge in [0.25, 0.3) is 11.7 Å². The summed E-state index contributed by atoms with van der Waals surface area (Å²) in [7, 11) is 5.20. The van der Waals surface area contributed by atoms with Crippen LogP contribution in [0.25, 0.3) is 5.76 Å². The third-order valence-electron chi connectivity index (χ3n) is 6.13. The number of ether oxygens (including phenoxy) is 2. The molecule has 1 saturated heterocycles. The molecule has 3 N–H and O–H groups in total. The second-order valence-corrected chi connectivity index (χ2v) is 8.98. The molecule has 0 saturated carbocycles. The molecule has 2 aromatic rings. The number of aromatic nitrogens is 1. The second kappa shape index (κ2) is 10.8. The molecule has 3 rings (SSSR count). The first-order chi connectivity index (χ1) is 16.6. The summed E-state index contributed by atoms with van der Waals surface area (Å²) in [5.74, 6) is -1.64. The summed E-state index contributed by atoms with van der Waals surface area (Å²) in [5, 5.41) is 11.4. The Hall–Kier alpha value is -3.59. The highest BCUT2D eigenvalue weighted by molar-refractivity contribution is 6.46. The second-order valence-electron chi connectivity index (χ2n) is 8.98. The van der Waals surface area contributed by atoms with Gasteiger partial charge in [0.15, 0.2) is 0 Å². The predicted molar refractivity (Wildman–Crippen MR) is 131 cm³/mol. The molecule has 188 valence electrons. The molecule has 35 heavy (non-hydrogen) atoms. The van der Waals surface area contributed by atoms with Crippen LogP contribution in [0, 0.1) is 13.8 Å². The van der Waals surface area contributed by atoms with Crippen LogP contribution in [0.2, 0.25) is 0 Å². The highest BCUT2D eigenvalue weighted by atomic mass is 16.5. The molecule has 0 bridgehead atoms. The van der Waals surface area contributed by atoms with E-state index in [1.54, 1.807) is 38.1 Å². The SMILES string of the molecule is CCCOc1ccc([C@H]2/C(=C(/O)c3c(C)[nH]c(C(=O)OC)c3C)C(=O)C(=O)N2CC[NH+](C)C)cc1. The van der Waals surface area contributed by atoms with Gasteiger partial charge in [0.1, 0.15) is 17.2 Å². The Bertz CT molecular complexity index is 1150. The minimum Gasteiger partial charge on any atom is -0.507 e. The first kappa shape index (κ1) is 26.0. The number of hydrogen-bond acceptors (Lipinski definition) is 6. The number of aliphatic hydroxyl groups is 1. The number of benzene rings is 1. The number of carbonyl (C=O) groups is 3. The number of methoxy groups -OCH3 is 1. The maximum atomic E-state index is 13.2. The molecule has 1 aromatic heterocycles. The van der Waals surface area contributed by atoms with Gasteiger partial charge in [-0.3, -0.25) is 9.59 Å². The molecule has 2 heterocycles. The van der Waals surface area contributed by atoms with Crippen LogP contribution >= 0.6 is 0 Å². The third-order valence-corrected chi connectivity index (χ3v) is 6.13. The fourth-order valence-electron chi connectivity index (χ4n) is 4.31. The molecule has 9 heteroatoms. The molecule has 0 radical (unpaired) electrons. The highest BCUT2D eigenvalue weighted by Gasteiger charge is 2.46. The number of ketones is 1. The van der Waals surface area contributed by atoms with Crippen molar-refractivity contribution in [3.8, 4) is 5.75 Å². The van der Waals surface area contributed by atoms with E-state index in [-0.39, 0.29) is 17.0 Å². The Morgan fingerprint density at radius 1 is 1.17 bits per heavy atom. The number of quaternary nitrogens is 1. The molecule has 1 aromatic carbocycles. The number of aliphatic hydroxyl groups excluding tert-OH is 1. The normalized spacial score (nSPS) is 17.3. The van der Waals surface area contributed by atoms with Crippen LogP contribution in [0.1, 0.15) is 52.3 Å². The van der Waals surface area contributed by atoms with E-state index < -0.39 is 23.7 Å². The third kappa shape index (κ3) is 5.09. The minimum absolute atomic E-state index is 0.00685. The fourth-order valence-corrected chi connectivity index (χ4v) is 4.31. The van der Waals surface area contributed by atoms with Gasteiger partial charge in [-0.2, -0.15) is 0 Å². The molecule has 0 unspecified atom stereocenters. The van der Waals surface area contributed by atoms with E-state index in [1.165, 1.54) is 12.0 Å². The Morgan fingerprint density at radius 3 is 2.40 bits per heavy atom. The Kier molecular flexibility index (Phi) is 8.01. The van der Waals surface area contributed by atoms with Crippen molar-refractivity contribution in [3.05, 3.63) is 57.9 Å². The molecule has 1 atom stereocenters. The van der Waals surface area contributed by atoms with E-state index in [2.05, 4.69) is 4.98 Å². The largest absolute Gasteiger partial charge is 0.507 e. The number of aromatic amines is 1. The van der Waals surface area contributed by atoms with E-state index in [1.807, 2.05) is 21.0 Å². The number of carbonyl (C=O) groups excluding carboxylic acids is 3. The van der Waals surface area contributed by atoms with E-state index in [0.29, 0.717) is 47.8 Å². The minimum atomic E-state index is -0.773. The average Bonchev–Trinajstić information content (AvgIpc) is 3.27. The number of likely N-dealkylation sites (N-methyl/N-ethyl adjacent to an activating group) is 1. The summed E-state index contributed by atoms with van der Waals surface area (Å²) < 4.78 is 10.5. The van der Waals surface area contributed by atoms with Crippen molar-refractivity contribution >= 4 is 23.4 Å². The van der Waals surface area contributed by atoms with E-state index in [9.17, 15) is 19.5 Å². The van der Waals surface area contributed by atoms with Crippen LogP contribution in [-0.4, -0.2) is 73.6 Å². The number of amides is 1. The number of esters is 1. The maximum absolute atomic E-state index is 13.2. The van der Waals surface area contributed by atoms with Crippen LogP contribution < -0.4 is 9.64 Å². The van der Waals surface area contributed by atoms with Crippen molar-refractivity contribution in [2.24, 2.45) is 0 Å². The summed E-state index contributed by atoms with van der Waals surface area (Å²) >= 11 is 0. The van der Waals surface area contributed by atoms with Crippen LogP contribution in [0.3, 0.4) is 0 Å². The van der Waals surface area contributed by atoms with Gasteiger partial charge in [-0.1, -0.05) is 19.1 Å². The number of hydrogen-bond donors (Lipinski definition) is 3. The van der Waals surface area contributed by atoms with Crippen molar-refractivity contribution in [3.63, 3.8) is 0 Å². The lowest BCUT2D eigenvalue weighted by Crippen LogP contribution is -3.06. The number of nitrogens with zero attached hydrogens (tertiary/aromatic N) is 1. The zero-order chi connectivity index (χ0) is 25.9. The quantitative estimate of drug-likeness (QED) is 0.216. The van der Waals surface area contributed by atoms with Crippen LogP contribution in [-0.2, 0) is 14.3 Å². The van der Waals surface area contributed by atoms with E-state index in [4.69, 9.17) is 9.47 Å². The monoisotopic (exact) mass is 484 g/mol. The zero-order valence-electron chi connectivity index (χ0n) is 21.2. The lowest BCUT2D eigenvalue weighted by molar-refractivity contribution is -0.857. The first-order valence-electron chi connectivity index (χ1n) is 11.7. The summed E-state index contributed by atoms with van der Waals surface area (Å²) in [4.78, 5) is 44.1. The van der Waals surface area contributed by atoms with Crippen LogP contribution in [0.4, 0.5) is 0 Å². The van der Waals surface area contributed by atoms with Gasteiger partial charge in [0.05, 0.1) is 52.5 Å². The number of rotatable bonds is 9. The Morgan fingerprint density at radius 2 is 1.83 bits per heavy atom. The summed E-state index contributed by atoms with van der Waals surface area (Å²) in [6, 6.07) is 6.43. The van der Waals surface area contributed by atoms with Crippen molar-refractivity contribution in [2.75, 3.05) is 40.9 Å². The lowest BCUT2D eigenvalue weighted by Gasteiger charge is -2.26. The highest BCUT2D eigenvalue weighted by Crippen LogP contribution is 2.41. The van der Waals surface area contributed by atoms with Gasteiger partial charge in [0, 0.05) is 11.3 Å². The number of Topliss-reactive ketones (excluding diaryl/α,β-unsaturated/α-hetero) is 1. The molecule has 1 aliphatic heterocycles. The topological polar surface area (TPSA) is 113 Å². The van der Waals surface area contributed by atoms with Gasteiger partial charge in [-0.05, 0) is 43.5 Å². The predicted octanol–water partition coefficient (Wildman–Crippen LogP) is 1.77.